The van der Waals surface area contributed by atoms with Crippen LogP contribution in [-0.4, -0.2) is 53.5 Å². The standard InChI is InChI=1S/C24H31N5O/c1-18-16-19(2)25-22(17-18)29-14-12-28(13-15-29)11-5-3-4-6-21-9-7-20-8-10-23(30)27-24(20)26-21/h4,6-7,9,16-17H,3,5,8,10-15H2,1-2H3,(H,26,27,30). The van der Waals surface area contributed by atoms with Crippen molar-refractivity contribution in [3.05, 3.63) is 52.9 Å². The highest BCUT2D eigenvalue weighted by atomic mass is 16.1. The van der Waals surface area contributed by atoms with E-state index in [-0.39, 0.29) is 5.91 Å². The Morgan fingerprint density at radius 1 is 1.07 bits per heavy atom. The minimum atomic E-state index is 0.0598. The maximum atomic E-state index is 11.5. The van der Waals surface area contributed by atoms with Crippen LogP contribution in [-0.2, 0) is 11.2 Å². The van der Waals surface area contributed by atoms with Crippen molar-refractivity contribution in [1.82, 2.24) is 14.9 Å². The molecule has 2 aliphatic rings. The number of anilines is 2. The minimum Gasteiger partial charge on any atom is -0.354 e. The average molecular weight is 406 g/mol. The van der Waals surface area contributed by atoms with Crippen LogP contribution < -0.4 is 10.2 Å². The summed E-state index contributed by atoms with van der Waals surface area (Å²) in [4.78, 5) is 25.7. The second-order valence-corrected chi connectivity index (χ2v) is 8.31. The van der Waals surface area contributed by atoms with Gasteiger partial charge in [-0.3, -0.25) is 9.69 Å². The van der Waals surface area contributed by atoms with Gasteiger partial charge in [-0.15, -0.1) is 0 Å². The molecule has 0 atom stereocenters. The molecule has 0 saturated carbocycles. The molecule has 0 aliphatic carbocycles. The molecule has 2 aliphatic heterocycles. The molecular weight excluding hydrogens is 374 g/mol. The van der Waals surface area contributed by atoms with E-state index in [0.29, 0.717) is 6.42 Å². The molecule has 6 heteroatoms. The van der Waals surface area contributed by atoms with Crippen LogP contribution >= 0.6 is 0 Å². The lowest BCUT2D eigenvalue weighted by Crippen LogP contribution is -2.47. The number of piperazine rings is 1. The molecule has 4 rings (SSSR count). The van der Waals surface area contributed by atoms with Gasteiger partial charge in [-0.1, -0.05) is 12.1 Å². The maximum absolute atomic E-state index is 11.5. The number of amides is 1. The summed E-state index contributed by atoms with van der Waals surface area (Å²) in [6.07, 6.45) is 7.76. The highest BCUT2D eigenvalue weighted by Crippen LogP contribution is 2.21. The Kier molecular flexibility index (Phi) is 6.43. The first-order valence-electron chi connectivity index (χ1n) is 11.0. The zero-order valence-corrected chi connectivity index (χ0v) is 18.0. The topological polar surface area (TPSA) is 61.4 Å². The fraction of sp³-hybridized carbons (Fsp3) is 0.458. The van der Waals surface area contributed by atoms with Gasteiger partial charge in [-0.05, 0) is 75.1 Å². The summed E-state index contributed by atoms with van der Waals surface area (Å²) in [5.41, 5.74) is 4.41. The summed E-state index contributed by atoms with van der Waals surface area (Å²) in [5.74, 6) is 1.90. The molecule has 30 heavy (non-hydrogen) atoms. The number of hydrogen-bond acceptors (Lipinski definition) is 5. The van der Waals surface area contributed by atoms with Crippen molar-refractivity contribution < 1.29 is 4.79 Å². The summed E-state index contributed by atoms with van der Waals surface area (Å²) in [6, 6.07) is 8.43. The van der Waals surface area contributed by atoms with Gasteiger partial charge in [-0.2, -0.15) is 0 Å². The van der Waals surface area contributed by atoms with Gasteiger partial charge >= 0.3 is 0 Å². The fourth-order valence-electron chi connectivity index (χ4n) is 4.17. The predicted molar refractivity (Wildman–Crippen MR) is 122 cm³/mol. The molecule has 0 aromatic carbocycles. The van der Waals surface area contributed by atoms with E-state index in [1.807, 2.05) is 6.07 Å². The summed E-state index contributed by atoms with van der Waals surface area (Å²) in [7, 11) is 0. The molecule has 0 bridgehead atoms. The van der Waals surface area contributed by atoms with E-state index in [1.165, 1.54) is 5.56 Å². The number of aromatic nitrogens is 2. The van der Waals surface area contributed by atoms with Crippen molar-refractivity contribution in [3.63, 3.8) is 0 Å². The number of rotatable bonds is 6. The van der Waals surface area contributed by atoms with Crippen LogP contribution in [0.2, 0.25) is 0 Å². The zero-order valence-electron chi connectivity index (χ0n) is 18.0. The van der Waals surface area contributed by atoms with Crippen LogP contribution in [0.15, 0.2) is 30.3 Å². The van der Waals surface area contributed by atoms with Gasteiger partial charge in [0.25, 0.3) is 0 Å². The Hall–Kier alpha value is -2.73. The lowest BCUT2D eigenvalue weighted by molar-refractivity contribution is -0.116. The fourth-order valence-corrected chi connectivity index (χ4v) is 4.17. The van der Waals surface area contributed by atoms with Crippen LogP contribution in [0, 0.1) is 13.8 Å². The zero-order chi connectivity index (χ0) is 20.9. The molecule has 1 saturated heterocycles. The predicted octanol–water partition coefficient (Wildman–Crippen LogP) is 3.59. The highest BCUT2D eigenvalue weighted by Gasteiger charge is 2.18. The smallest absolute Gasteiger partial charge is 0.225 e. The molecular formula is C24H31N5O. The Labute approximate surface area is 179 Å². The van der Waals surface area contributed by atoms with Crippen molar-refractivity contribution in [2.75, 3.05) is 42.9 Å². The van der Waals surface area contributed by atoms with E-state index in [0.717, 1.165) is 80.6 Å². The van der Waals surface area contributed by atoms with E-state index in [1.54, 1.807) is 0 Å². The molecule has 1 N–H and O–H groups in total. The number of unbranched alkanes of at least 4 members (excludes halogenated alkanes) is 1. The van der Waals surface area contributed by atoms with Crippen molar-refractivity contribution in [3.8, 4) is 0 Å². The van der Waals surface area contributed by atoms with Gasteiger partial charge in [0.05, 0.1) is 5.69 Å². The highest BCUT2D eigenvalue weighted by molar-refractivity contribution is 5.92. The largest absolute Gasteiger partial charge is 0.354 e. The average Bonchev–Trinajstić information content (AvgIpc) is 2.73. The number of carbonyl (C=O) groups excluding carboxylic acids is 1. The van der Waals surface area contributed by atoms with Gasteiger partial charge in [0, 0.05) is 38.3 Å². The number of nitrogens with one attached hydrogen (secondary N) is 1. The Balaban J connectivity index is 1.19. The number of nitrogens with zero attached hydrogens (tertiary/aromatic N) is 4. The molecule has 0 radical (unpaired) electrons. The first-order chi connectivity index (χ1) is 14.6. The lowest BCUT2D eigenvalue weighted by atomic mass is 10.1. The molecule has 1 amide bonds. The number of fused-ring (bicyclic) bond motifs is 1. The van der Waals surface area contributed by atoms with Gasteiger partial charge < -0.3 is 10.2 Å². The SMILES string of the molecule is Cc1cc(C)nc(N2CCN(CCCC=Cc3ccc4c(n3)NC(=O)CC4)CC2)c1. The normalized spacial score (nSPS) is 17.3. The Morgan fingerprint density at radius 2 is 1.90 bits per heavy atom. The van der Waals surface area contributed by atoms with Crippen LogP contribution in [0.1, 0.15) is 41.8 Å². The summed E-state index contributed by atoms with van der Waals surface area (Å²) < 4.78 is 0. The molecule has 6 nitrogen and oxygen atoms in total. The van der Waals surface area contributed by atoms with Crippen LogP contribution in [0.25, 0.3) is 6.08 Å². The third kappa shape index (κ3) is 5.25. The van der Waals surface area contributed by atoms with Crippen LogP contribution in [0.5, 0.6) is 0 Å². The van der Waals surface area contributed by atoms with Crippen molar-refractivity contribution >= 4 is 23.6 Å². The number of hydrogen-bond donors (Lipinski definition) is 1. The Bertz CT molecular complexity index is 911. The van der Waals surface area contributed by atoms with Crippen molar-refractivity contribution in [1.29, 1.82) is 0 Å². The summed E-state index contributed by atoms with van der Waals surface area (Å²) in [5, 5.41) is 2.87. The molecule has 0 unspecified atom stereocenters. The van der Waals surface area contributed by atoms with Crippen molar-refractivity contribution in [2.24, 2.45) is 0 Å². The number of aryl methyl sites for hydroxylation is 3. The quantitative estimate of drug-likeness (QED) is 0.744. The van der Waals surface area contributed by atoms with Crippen LogP contribution in [0.3, 0.4) is 0 Å². The van der Waals surface area contributed by atoms with Crippen LogP contribution in [0.4, 0.5) is 11.6 Å². The van der Waals surface area contributed by atoms with Crippen molar-refractivity contribution in [2.45, 2.75) is 39.5 Å². The summed E-state index contributed by atoms with van der Waals surface area (Å²) in [6.45, 7) is 9.57. The molecule has 4 heterocycles. The minimum absolute atomic E-state index is 0.0598. The number of allylic oxidation sites excluding steroid dienone is 1. The van der Waals surface area contributed by atoms with E-state index in [9.17, 15) is 4.79 Å². The number of carbonyl (C=O) groups is 1. The first-order valence-corrected chi connectivity index (χ1v) is 11.0. The van der Waals surface area contributed by atoms with Gasteiger partial charge in [-0.25, -0.2) is 9.97 Å². The lowest BCUT2D eigenvalue weighted by Gasteiger charge is -2.35. The first kappa shape index (κ1) is 20.5. The molecule has 2 aromatic heterocycles. The molecule has 0 spiro atoms. The molecule has 158 valence electrons. The second-order valence-electron chi connectivity index (χ2n) is 8.31. The monoisotopic (exact) mass is 405 g/mol. The second kappa shape index (κ2) is 9.39. The van der Waals surface area contributed by atoms with E-state index in [2.05, 4.69) is 64.3 Å². The van der Waals surface area contributed by atoms with E-state index >= 15 is 0 Å². The van der Waals surface area contributed by atoms with Gasteiger partial charge in [0.2, 0.25) is 5.91 Å². The molecule has 1 fully saturated rings. The maximum Gasteiger partial charge on any atom is 0.225 e. The number of pyridine rings is 2. The summed E-state index contributed by atoms with van der Waals surface area (Å²) >= 11 is 0. The molecule has 2 aromatic rings. The van der Waals surface area contributed by atoms with E-state index in [4.69, 9.17) is 4.98 Å². The van der Waals surface area contributed by atoms with Gasteiger partial charge in [0.1, 0.15) is 11.6 Å². The van der Waals surface area contributed by atoms with E-state index < -0.39 is 0 Å². The third-order valence-electron chi connectivity index (χ3n) is 5.79. The van der Waals surface area contributed by atoms with Gasteiger partial charge in [0.15, 0.2) is 0 Å². The third-order valence-corrected chi connectivity index (χ3v) is 5.79. The Morgan fingerprint density at radius 3 is 2.70 bits per heavy atom.